The van der Waals surface area contributed by atoms with Crippen molar-refractivity contribution in [2.75, 3.05) is 7.11 Å². The summed E-state index contributed by atoms with van der Waals surface area (Å²) in [5.41, 5.74) is 2.49. The van der Waals surface area contributed by atoms with Gasteiger partial charge < -0.3 is 9.84 Å². The van der Waals surface area contributed by atoms with E-state index >= 15 is 0 Å². The molecule has 1 aromatic heterocycles. The molecule has 1 heterocycles. The largest absolute Gasteiger partial charge is 0.496 e. The highest BCUT2D eigenvalue weighted by Gasteiger charge is 2.12. The zero-order valence-electron chi connectivity index (χ0n) is 9.73. The van der Waals surface area contributed by atoms with Gasteiger partial charge in [0.2, 0.25) is 0 Å². The molecule has 0 bridgehead atoms. The molecule has 1 N–H and O–H groups in total. The van der Waals surface area contributed by atoms with Crippen LogP contribution in [-0.4, -0.2) is 23.2 Å². The highest BCUT2D eigenvalue weighted by molar-refractivity contribution is 5.88. The molecular formula is C13H13NO3. The monoisotopic (exact) mass is 231 g/mol. The van der Waals surface area contributed by atoms with Crippen molar-refractivity contribution >= 4 is 16.9 Å². The number of aliphatic carboxylic acids is 1. The lowest BCUT2D eigenvalue weighted by atomic mass is 10.1. The second kappa shape index (κ2) is 4.41. The van der Waals surface area contributed by atoms with Gasteiger partial charge in [0.15, 0.2) is 0 Å². The molecule has 4 nitrogen and oxygen atoms in total. The van der Waals surface area contributed by atoms with Gasteiger partial charge in [-0.05, 0) is 19.1 Å². The van der Waals surface area contributed by atoms with Crippen LogP contribution in [0.25, 0.3) is 10.9 Å². The van der Waals surface area contributed by atoms with Gasteiger partial charge >= 0.3 is 5.97 Å². The summed E-state index contributed by atoms with van der Waals surface area (Å²) >= 11 is 0. The maximum atomic E-state index is 10.8. The van der Waals surface area contributed by atoms with Crippen molar-refractivity contribution in [3.05, 3.63) is 35.5 Å². The van der Waals surface area contributed by atoms with Crippen molar-refractivity contribution in [3.8, 4) is 5.75 Å². The predicted octanol–water partition coefficient (Wildman–Crippen LogP) is 2.18. The smallest absolute Gasteiger partial charge is 0.308 e. The fraction of sp³-hybridized carbons (Fsp3) is 0.231. The number of hydrogen-bond acceptors (Lipinski definition) is 3. The van der Waals surface area contributed by atoms with Crippen LogP contribution >= 0.6 is 0 Å². The first-order valence-corrected chi connectivity index (χ1v) is 5.26. The fourth-order valence-electron chi connectivity index (χ4n) is 1.85. The van der Waals surface area contributed by atoms with E-state index in [1.165, 1.54) is 0 Å². The van der Waals surface area contributed by atoms with E-state index in [9.17, 15) is 4.79 Å². The van der Waals surface area contributed by atoms with Crippen molar-refractivity contribution in [1.82, 2.24) is 4.98 Å². The number of benzene rings is 1. The molecular weight excluding hydrogens is 218 g/mol. The molecule has 4 heteroatoms. The standard InChI is InChI=1S/C13H13NO3/c1-8-3-4-11-10(5-8)13(17-2)9(7-14-11)6-12(15)16/h3-5,7H,6H2,1-2H3,(H,15,16). The average molecular weight is 231 g/mol. The minimum absolute atomic E-state index is 0.0833. The van der Waals surface area contributed by atoms with Crippen LogP contribution in [0.3, 0.4) is 0 Å². The summed E-state index contributed by atoms with van der Waals surface area (Å²) in [6.45, 7) is 1.97. The number of carboxylic acids is 1. The Labute approximate surface area is 98.9 Å². The third-order valence-electron chi connectivity index (χ3n) is 2.59. The number of rotatable bonds is 3. The second-order valence-corrected chi connectivity index (χ2v) is 3.91. The number of methoxy groups -OCH3 is 1. The van der Waals surface area contributed by atoms with E-state index < -0.39 is 5.97 Å². The SMILES string of the molecule is COc1c(CC(=O)O)cnc2ccc(C)cc12. The molecule has 0 aliphatic rings. The Morgan fingerprint density at radius 2 is 2.24 bits per heavy atom. The quantitative estimate of drug-likeness (QED) is 0.879. The molecule has 0 fully saturated rings. The zero-order chi connectivity index (χ0) is 12.4. The Balaban J connectivity index is 2.66. The first-order chi connectivity index (χ1) is 8.11. The van der Waals surface area contributed by atoms with E-state index in [2.05, 4.69) is 4.98 Å². The Morgan fingerprint density at radius 3 is 2.88 bits per heavy atom. The van der Waals surface area contributed by atoms with Gasteiger partial charge in [0.25, 0.3) is 0 Å². The highest BCUT2D eigenvalue weighted by atomic mass is 16.5. The topological polar surface area (TPSA) is 59.4 Å². The number of aryl methyl sites for hydroxylation is 1. The molecule has 0 saturated heterocycles. The lowest BCUT2D eigenvalue weighted by Crippen LogP contribution is -2.03. The molecule has 0 atom stereocenters. The molecule has 0 unspecified atom stereocenters. The van der Waals surface area contributed by atoms with Crippen LogP contribution < -0.4 is 4.74 Å². The molecule has 2 rings (SSSR count). The van der Waals surface area contributed by atoms with Gasteiger partial charge in [0.1, 0.15) is 5.75 Å². The Bertz CT molecular complexity index is 578. The van der Waals surface area contributed by atoms with Crippen LogP contribution in [0.1, 0.15) is 11.1 Å². The Morgan fingerprint density at radius 1 is 1.47 bits per heavy atom. The lowest BCUT2D eigenvalue weighted by Gasteiger charge is -2.10. The zero-order valence-corrected chi connectivity index (χ0v) is 9.73. The summed E-state index contributed by atoms with van der Waals surface area (Å²) < 4.78 is 5.31. The van der Waals surface area contributed by atoms with Gasteiger partial charge in [-0.1, -0.05) is 11.6 Å². The third kappa shape index (κ3) is 2.20. The first-order valence-electron chi connectivity index (χ1n) is 5.26. The van der Waals surface area contributed by atoms with Crippen LogP contribution in [0.5, 0.6) is 5.75 Å². The van der Waals surface area contributed by atoms with Crippen molar-refractivity contribution in [1.29, 1.82) is 0 Å². The van der Waals surface area contributed by atoms with E-state index in [0.29, 0.717) is 11.3 Å². The highest BCUT2D eigenvalue weighted by Crippen LogP contribution is 2.29. The Kier molecular flexibility index (Phi) is 2.95. The van der Waals surface area contributed by atoms with Gasteiger partial charge in [0, 0.05) is 17.1 Å². The molecule has 2 aromatic rings. The van der Waals surface area contributed by atoms with Crippen LogP contribution in [-0.2, 0) is 11.2 Å². The van der Waals surface area contributed by atoms with Gasteiger partial charge in [-0.15, -0.1) is 0 Å². The van der Waals surface area contributed by atoms with E-state index in [4.69, 9.17) is 9.84 Å². The Hall–Kier alpha value is -2.10. The minimum atomic E-state index is -0.892. The molecule has 0 saturated carbocycles. The van der Waals surface area contributed by atoms with Gasteiger partial charge in [-0.2, -0.15) is 0 Å². The van der Waals surface area contributed by atoms with Crippen molar-refractivity contribution in [2.24, 2.45) is 0 Å². The predicted molar refractivity (Wildman–Crippen MR) is 64.4 cm³/mol. The van der Waals surface area contributed by atoms with Gasteiger partial charge in [0.05, 0.1) is 19.0 Å². The second-order valence-electron chi connectivity index (χ2n) is 3.91. The van der Waals surface area contributed by atoms with E-state index in [1.54, 1.807) is 13.3 Å². The molecule has 0 radical (unpaired) electrons. The molecule has 0 aliphatic heterocycles. The molecule has 0 amide bonds. The molecule has 88 valence electrons. The summed E-state index contributed by atoms with van der Waals surface area (Å²) in [6, 6.07) is 5.82. The number of carbonyl (C=O) groups is 1. The van der Waals surface area contributed by atoms with E-state index in [0.717, 1.165) is 16.5 Å². The number of carboxylic acid groups (broad SMARTS) is 1. The maximum absolute atomic E-state index is 10.8. The first kappa shape index (κ1) is 11.4. The average Bonchev–Trinajstić information content (AvgIpc) is 2.28. The molecule has 1 aromatic carbocycles. The van der Waals surface area contributed by atoms with Crippen LogP contribution in [0, 0.1) is 6.92 Å². The van der Waals surface area contributed by atoms with Gasteiger partial charge in [-0.25, -0.2) is 0 Å². The summed E-state index contributed by atoms with van der Waals surface area (Å²) in [5, 5.41) is 9.68. The van der Waals surface area contributed by atoms with Crippen LogP contribution in [0.2, 0.25) is 0 Å². The minimum Gasteiger partial charge on any atom is -0.496 e. The molecule has 0 spiro atoms. The van der Waals surface area contributed by atoms with Crippen molar-refractivity contribution < 1.29 is 14.6 Å². The number of aromatic nitrogens is 1. The van der Waals surface area contributed by atoms with Crippen molar-refractivity contribution in [3.63, 3.8) is 0 Å². The lowest BCUT2D eigenvalue weighted by molar-refractivity contribution is -0.136. The normalized spacial score (nSPS) is 10.5. The molecule has 0 aliphatic carbocycles. The summed E-state index contributed by atoms with van der Waals surface area (Å²) in [6.07, 6.45) is 1.48. The van der Waals surface area contributed by atoms with E-state index in [-0.39, 0.29) is 6.42 Å². The fourth-order valence-corrected chi connectivity index (χ4v) is 1.85. The third-order valence-corrected chi connectivity index (χ3v) is 2.59. The number of ether oxygens (including phenoxy) is 1. The summed E-state index contributed by atoms with van der Waals surface area (Å²) in [7, 11) is 1.54. The number of hydrogen-bond donors (Lipinski definition) is 1. The number of fused-ring (bicyclic) bond motifs is 1. The van der Waals surface area contributed by atoms with Gasteiger partial charge in [-0.3, -0.25) is 9.78 Å². The van der Waals surface area contributed by atoms with Crippen LogP contribution in [0.4, 0.5) is 0 Å². The van der Waals surface area contributed by atoms with Crippen LogP contribution in [0.15, 0.2) is 24.4 Å². The molecule has 17 heavy (non-hydrogen) atoms. The van der Waals surface area contributed by atoms with Crippen molar-refractivity contribution in [2.45, 2.75) is 13.3 Å². The number of pyridine rings is 1. The van der Waals surface area contributed by atoms with E-state index in [1.807, 2.05) is 25.1 Å². The maximum Gasteiger partial charge on any atom is 0.308 e. The summed E-state index contributed by atoms with van der Waals surface area (Å²) in [4.78, 5) is 15.0. The summed E-state index contributed by atoms with van der Waals surface area (Å²) in [5.74, 6) is -0.293. The number of nitrogens with zero attached hydrogens (tertiary/aromatic N) is 1.